The molecule has 1 amide bonds. The number of carbonyl (C=O) groups is 2. The number of nitrogens with one attached hydrogen (secondary N) is 1. The number of benzene rings is 2. The number of anilines is 1. The van der Waals surface area contributed by atoms with Crippen LogP contribution in [0, 0.1) is 12.8 Å². The highest BCUT2D eigenvalue weighted by Crippen LogP contribution is 2.26. The topological polar surface area (TPSA) is 102 Å². The van der Waals surface area contributed by atoms with Crippen LogP contribution in [0.3, 0.4) is 0 Å². The number of carbonyl (C=O) groups excluding carboxylic acids is 2. The van der Waals surface area contributed by atoms with Gasteiger partial charge >= 0.3 is 5.97 Å². The molecule has 2 aromatic carbocycles. The Balaban J connectivity index is 1.47. The van der Waals surface area contributed by atoms with Gasteiger partial charge in [-0.3, -0.25) is 9.59 Å². The molecule has 32 heavy (non-hydrogen) atoms. The summed E-state index contributed by atoms with van der Waals surface area (Å²) in [5.41, 5.74) is 1.70. The van der Waals surface area contributed by atoms with Gasteiger partial charge in [0, 0.05) is 18.8 Å². The molecule has 1 heterocycles. The summed E-state index contributed by atoms with van der Waals surface area (Å²) in [6.45, 7) is 4.36. The number of rotatable bonds is 8. The molecule has 0 spiro atoms. The van der Waals surface area contributed by atoms with Crippen LogP contribution < -0.4 is 10.1 Å². The first-order chi connectivity index (χ1) is 15.3. The Hall–Kier alpha value is -2.91. The average molecular weight is 461 g/mol. The molecule has 1 saturated heterocycles. The second kappa shape index (κ2) is 10.6. The first-order valence-electron chi connectivity index (χ1n) is 10.6. The van der Waals surface area contributed by atoms with Crippen LogP contribution in [0.15, 0.2) is 53.4 Å². The predicted octanol–water partition coefficient (Wildman–Crippen LogP) is 2.98. The molecule has 8 nitrogen and oxygen atoms in total. The summed E-state index contributed by atoms with van der Waals surface area (Å²) in [7, 11) is -3.64. The summed E-state index contributed by atoms with van der Waals surface area (Å²) in [5.74, 6) is -0.729. The number of aryl methyl sites for hydroxylation is 1. The van der Waals surface area contributed by atoms with E-state index in [0.29, 0.717) is 30.9 Å². The van der Waals surface area contributed by atoms with Gasteiger partial charge in [0.25, 0.3) is 5.91 Å². The van der Waals surface area contributed by atoms with Crippen LogP contribution in [0.4, 0.5) is 5.69 Å². The predicted molar refractivity (Wildman–Crippen MR) is 120 cm³/mol. The zero-order chi connectivity index (χ0) is 23.1. The summed E-state index contributed by atoms with van der Waals surface area (Å²) in [6, 6.07) is 13.6. The number of amides is 1. The van der Waals surface area contributed by atoms with Gasteiger partial charge in [-0.05, 0) is 63.1 Å². The Morgan fingerprint density at radius 1 is 1.03 bits per heavy atom. The lowest BCUT2D eigenvalue weighted by Crippen LogP contribution is -2.40. The Kier molecular flexibility index (Phi) is 7.87. The first-order valence-corrected chi connectivity index (χ1v) is 12.0. The van der Waals surface area contributed by atoms with Crippen molar-refractivity contribution in [2.75, 3.05) is 31.6 Å². The maximum atomic E-state index is 12.9. The maximum absolute atomic E-state index is 12.9. The van der Waals surface area contributed by atoms with E-state index in [4.69, 9.17) is 9.47 Å². The van der Waals surface area contributed by atoms with Crippen molar-refractivity contribution in [3.8, 4) is 5.75 Å². The molecule has 0 aliphatic carbocycles. The molecule has 1 N–H and O–H groups in total. The van der Waals surface area contributed by atoms with Crippen LogP contribution in [-0.4, -0.2) is 50.9 Å². The van der Waals surface area contributed by atoms with Crippen molar-refractivity contribution >= 4 is 27.6 Å². The van der Waals surface area contributed by atoms with E-state index in [0.717, 1.165) is 5.56 Å². The summed E-state index contributed by atoms with van der Waals surface area (Å²) < 4.78 is 37.6. The highest BCUT2D eigenvalue weighted by molar-refractivity contribution is 7.89. The number of ether oxygens (including phenoxy) is 2. The van der Waals surface area contributed by atoms with E-state index in [9.17, 15) is 18.0 Å². The van der Waals surface area contributed by atoms with Crippen LogP contribution in [0.25, 0.3) is 0 Å². The van der Waals surface area contributed by atoms with Gasteiger partial charge in [-0.15, -0.1) is 0 Å². The van der Waals surface area contributed by atoms with Crippen molar-refractivity contribution in [2.24, 2.45) is 5.92 Å². The smallest absolute Gasteiger partial charge is 0.309 e. The molecule has 0 unspecified atom stereocenters. The van der Waals surface area contributed by atoms with Gasteiger partial charge < -0.3 is 14.8 Å². The minimum atomic E-state index is -3.64. The summed E-state index contributed by atoms with van der Waals surface area (Å²) in [4.78, 5) is 24.5. The van der Waals surface area contributed by atoms with E-state index < -0.39 is 27.8 Å². The van der Waals surface area contributed by atoms with E-state index >= 15 is 0 Å². The van der Waals surface area contributed by atoms with Crippen molar-refractivity contribution in [1.29, 1.82) is 0 Å². The molecule has 0 aromatic heterocycles. The summed E-state index contributed by atoms with van der Waals surface area (Å²) >= 11 is 0. The lowest BCUT2D eigenvalue weighted by Gasteiger charge is -2.30. The second-order valence-electron chi connectivity index (χ2n) is 7.60. The summed E-state index contributed by atoms with van der Waals surface area (Å²) in [6.07, 6.45) is 0.684. The third-order valence-corrected chi connectivity index (χ3v) is 7.15. The van der Waals surface area contributed by atoms with Crippen molar-refractivity contribution < 1.29 is 27.5 Å². The molecule has 9 heteroatoms. The molecule has 1 aliphatic rings. The largest absolute Gasteiger partial charge is 0.494 e. The Morgan fingerprint density at radius 3 is 2.25 bits per heavy atom. The molecule has 1 aliphatic heterocycles. The van der Waals surface area contributed by atoms with Crippen LogP contribution in [0.2, 0.25) is 0 Å². The van der Waals surface area contributed by atoms with E-state index in [2.05, 4.69) is 5.32 Å². The van der Waals surface area contributed by atoms with Crippen LogP contribution >= 0.6 is 0 Å². The lowest BCUT2D eigenvalue weighted by molar-refractivity contribution is -0.152. The molecular formula is C23H28N2O6S. The number of hydrogen-bond donors (Lipinski definition) is 1. The SMILES string of the molecule is CCOc1ccc(S(=O)(=O)N2CCC(C(=O)OCC(=O)Nc3ccc(C)cc3)CC2)cc1. The molecule has 0 bridgehead atoms. The molecule has 0 saturated carbocycles. The molecule has 2 aromatic rings. The number of esters is 1. The van der Waals surface area contributed by atoms with Crippen LogP contribution in [-0.2, 0) is 24.3 Å². The standard InChI is InChI=1S/C23H28N2O6S/c1-3-30-20-8-10-21(11-9-20)32(28,29)25-14-12-18(13-15-25)23(27)31-16-22(26)24-19-6-4-17(2)5-7-19/h4-11,18H,3,12-16H2,1-2H3,(H,24,26). The zero-order valence-corrected chi connectivity index (χ0v) is 19.1. The molecule has 0 atom stereocenters. The van der Waals surface area contributed by atoms with Gasteiger partial charge in [-0.25, -0.2) is 8.42 Å². The van der Waals surface area contributed by atoms with Crippen LogP contribution in [0.1, 0.15) is 25.3 Å². The number of sulfonamides is 1. The fourth-order valence-corrected chi connectivity index (χ4v) is 4.91. The minimum absolute atomic E-state index is 0.190. The number of piperidine rings is 1. The fraction of sp³-hybridized carbons (Fsp3) is 0.391. The van der Waals surface area contributed by atoms with Gasteiger partial charge in [0.2, 0.25) is 10.0 Å². The number of hydrogen-bond acceptors (Lipinski definition) is 6. The Labute approximate surface area is 188 Å². The molecule has 172 valence electrons. The van der Waals surface area contributed by atoms with Gasteiger partial charge in [0.1, 0.15) is 5.75 Å². The zero-order valence-electron chi connectivity index (χ0n) is 18.2. The quantitative estimate of drug-likeness (QED) is 0.608. The first kappa shape index (κ1) is 23.7. The van der Waals surface area contributed by atoms with E-state index in [1.54, 1.807) is 24.3 Å². The van der Waals surface area contributed by atoms with Crippen molar-refractivity contribution in [2.45, 2.75) is 31.6 Å². The average Bonchev–Trinajstić information content (AvgIpc) is 2.80. The van der Waals surface area contributed by atoms with Crippen molar-refractivity contribution in [1.82, 2.24) is 4.31 Å². The molecule has 3 rings (SSSR count). The Bertz CT molecular complexity index is 1030. The van der Waals surface area contributed by atoms with Gasteiger partial charge in [-0.2, -0.15) is 4.31 Å². The second-order valence-corrected chi connectivity index (χ2v) is 9.54. The monoisotopic (exact) mass is 460 g/mol. The third-order valence-electron chi connectivity index (χ3n) is 5.24. The van der Waals surface area contributed by atoms with Gasteiger partial charge in [0.15, 0.2) is 6.61 Å². The fourth-order valence-electron chi connectivity index (χ4n) is 3.44. The third kappa shape index (κ3) is 6.08. The van der Waals surface area contributed by atoms with E-state index in [1.165, 1.54) is 16.4 Å². The molecule has 1 fully saturated rings. The van der Waals surface area contributed by atoms with E-state index in [-0.39, 0.29) is 24.6 Å². The normalized spacial score (nSPS) is 15.2. The highest BCUT2D eigenvalue weighted by atomic mass is 32.2. The summed E-state index contributed by atoms with van der Waals surface area (Å²) in [5, 5.41) is 2.67. The minimum Gasteiger partial charge on any atom is -0.494 e. The highest BCUT2D eigenvalue weighted by Gasteiger charge is 2.33. The van der Waals surface area contributed by atoms with E-state index in [1.807, 2.05) is 26.0 Å². The van der Waals surface area contributed by atoms with Crippen LogP contribution in [0.5, 0.6) is 5.75 Å². The number of nitrogens with zero attached hydrogens (tertiary/aromatic N) is 1. The van der Waals surface area contributed by atoms with Gasteiger partial charge in [0.05, 0.1) is 17.4 Å². The Morgan fingerprint density at radius 2 is 1.66 bits per heavy atom. The van der Waals surface area contributed by atoms with Crippen molar-refractivity contribution in [3.05, 3.63) is 54.1 Å². The molecule has 0 radical (unpaired) electrons. The molecular weight excluding hydrogens is 432 g/mol. The van der Waals surface area contributed by atoms with Gasteiger partial charge in [-0.1, -0.05) is 17.7 Å². The maximum Gasteiger partial charge on any atom is 0.309 e. The van der Waals surface area contributed by atoms with Crippen molar-refractivity contribution in [3.63, 3.8) is 0 Å². The lowest BCUT2D eigenvalue weighted by atomic mass is 9.98.